The lowest BCUT2D eigenvalue weighted by molar-refractivity contribution is -0.115. The minimum absolute atomic E-state index is 0.204. The summed E-state index contributed by atoms with van der Waals surface area (Å²) in [7, 11) is -1.05. The van der Waals surface area contributed by atoms with Crippen LogP contribution in [0.2, 0.25) is 0 Å². The number of allylic oxidation sites excluding steroid dienone is 1. The molecule has 2 nitrogen and oxygen atoms in total. The number of hydrogen-bond acceptors (Lipinski definition) is 2. The molecule has 0 aromatic heterocycles. The summed E-state index contributed by atoms with van der Waals surface area (Å²) in [4.78, 5) is 11.7. The third kappa shape index (κ3) is 5.50. The molecule has 1 aromatic carbocycles. The lowest BCUT2D eigenvalue weighted by Crippen LogP contribution is -2.25. The highest BCUT2D eigenvalue weighted by Gasteiger charge is 2.28. The average molecular weight is 335 g/mol. The van der Waals surface area contributed by atoms with Gasteiger partial charge in [0, 0.05) is 10.7 Å². The van der Waals surface area contributed by atoms with E-state index in [1.165, 1.54) is 5.56 Å². The molecule has 0 heterocycles. The highest BCUT2D eigenvalue weighted by molar-refractivity contribution is 8.29. The monoisotopic (exact) mass is 334 g/mol. The number of hydrogen-bond donors (Lipinski definition) is 0. The molecule has 0 spiro atoms. The van der Waals surface area contributed by atoms with Crippen LogP contribution in [0.25, 0.3) is 6.08 Å². The number of rotatable bonds is 7. The minimum Gasteiger partial charge on any atom is -0.336 e. The second-order valence-electron chi connectivity index (χ2n) is 7.67. The van der Waals surface area contributed by atoms with Crippen LogP contribution >= 0.6 is 10.3 Å². The third-order valence-corrected chi connectivity index (χ3v) is 8.35. The maximum Gasteiger partial charge on any atom is 0.158 e. The zero-order valence-electron chi connectivity index (χ0n) is 15.1. The van der Waals surface area contributed by atoms with Crippen LogP contribution in [0, 0.1) is 5.92 Å². The maximum absolute atomic E-state index is 11.7. The van der Waals surface area contributed by atoms with Gasteiger partial charge in [-0.15, -0.1) is 10.3 Å². The van der Waals surface area contributed by atoms with Crippen molar-refractivity contribution in [3.63, 3.8) is 0 Å². The molecule has 1 aromatic rings. The van der Waals surface area contributed by atoms with E-state index >= 15 is 0 Å². The summed E-state index contributed by atoms with van der Waals surface area (Å²) in [5.41, 5.74) is 2.36. The number of benzene rings is 1. The van der Waals surface area contributed by atoms with Gasteiger partial charge in [-0.05, 0) is 49.0 Å². The van der Waals surface area contributed by atoms with Gasteiger partial charge in [-0.3, -0.25) is 4.79 Å². The first-order valence-corrected chi connectivity index (χ1v) is 10.7. The van der Waals surface area contributed by atoms with Crippen LogP contribution in [-0.4, -0.2) is 29.6 Å². The van der Waals surface area contributed by atoms with E-state index in [-0.39, 0.29) is 10.5 Å². The summed E-state index contributed by atoms with van der Waals surface area (Å²) in [6.45, 7) is 7.49. The van der Waals surface area contributed by atoms with Gasteiger partial charge < -0.3 is 4.18 Å². The van der Waals surface area contributed by atoms with E-state index in [1.54, 1.807) is 6.08 Å². The smallest absolute Gasteiger partial charge is 0.158 e. The van der Waals surface area contributed by atoms with E-state index in [4.69, 9.17) is 4.18 Å². The van der Waals surface area contributed by atoms with E-state index in [0.29, 0.717) is 5.92 Å². The summed E-state index contributed by atoms with van der Waals surface area (Å²) in [5, 5.41) is 0. The first-order chi connectivity index (χ1) is 10.7. The van der Waals surface area contributed by atoms with Crippen LogP contribution in [-0.2, 0) is 15.4 Å². The molecule has 0 amide bonds. The molecule has 0 radical (unpaired) electrons. The van der Waals surface area contributed by atoms with Gasteiger partial charge in [-0.25, -0.2) is 0 Å². The zero-order valence-corrected chi connectivity index (χ0v) is 15.9. The van der Waals surface area contributed by atoms with Crippen molar-refractivity contribution in [2.24, 2.45) is 5.92 Å². The normalized spacial score (nSPS) is 16.7. The van der Waals surface area contributed by atoms with Crippen molar-refractivity contribution in [3.8, 4) is 0 Å². The molecule has 3 heteroatoms. The Labute approximate surface area is 142 Å². The molecule has 0 atom stereocenters. The first kappa shape index (κ1) is 18.3. The van der Waals surface area contributed by atoms with Gasteiger partial charge in [0.15, 0.2) is 5.78 Å². The van der Waals surface area contributed by atoms with Gasteiger partial charge in [-0.2, -0.15) is 0 Å². The van der Waals surface area contributed by atoms with E-state index in [9.17, 15) is 4.79 Å². The number of carbonyl (C=O) groups is 1. The standard InChI is InChI=1S/C20H30O2S/c1-20(2,3)23(4,5)22-15-14-17-8-6-16(7-9-17)10-13-19(21)18-11-12-18/h6-10,13,18H,11-12,14-15H2,1-5H3/b13-10+. The van der Waals surface area contributed by atoms with Crippen molar-refractivity contribution in [3.05, 3.63) is 41.5 Å². The predicted molar refractivity (Wildman–Crippen MR) is 102 cm³/mol. The molecule has 1 aliphatic carbocycles. The zero-order chi connectivity index (χ0) is 17.1. The van der Waals surface area contributed by atoms with Crippen LogP contribution in [0.4, 0.5) is 0 Å². The Kier molecular flexibility index (Phi) is 5.74. The topological polar surface area (TPSA) is 26.3 Å². The highest BCUT2D eigenvalue weighted by Crippen LogP contribution is 2.53. The Morgan fingerprint density at radius 2 is 1.83 bits per heavy atom. The summed E-state index contributed by atoms with van der Waals surface area (Å²) in [5.74, 6) is 0.575. The molecule has 0 aliphatic heterocycles. The maximum atomic E-state index is 11.7. The van der Waals surface area contributed by atoms with Gasteiger partial charge >= 0.3 is 0 Å². The summed E-state index contributed by atoms with van der Waals surface area (Å²) in [6.07, 6.45) is 11.2. The fraction of sp³-hybridized carbons (Fsp3) is 0.550. The molecule has 0 saturated heterocycles. The van der Waals surface area contributed by atoms with Gasteiger partial charge in [-0.1, -0.05) is 51.1 Å². The molecular formula is C20H30O2S. The van der Waals surface area contributed by atoms with Crippen molar-refractivity contribution in [1.82, 2.24) is 0 Å². The van der Waals surface area contributed by atoms with Crippen molar-refractivity contribution in [2.45, 2.75) is 44.8 Å². The lowest BCUT2D eigenvalue weighted by atomic mass is 10.1. The minimum atomic E-state index is -1.05. The highest BCUT2D eigenvalue weighted by atomic mass is 32.3. The summed E-state index contributed by atoms with van der Waals surface area (Å²) < 4.78 is 6.37. The molecule has 1 aliphatic rings. The van der Waals surface area contributed by atoms with Crippen molar-refractivity contribution in [1.29, 1.82) is 0 Å². The van der Waals surface area contributed by atoms with E-state index in [2.05, 4.69) is 57.5 Å². The molecule has 0 unspecified atom stereocenters. The number of carbonyl (C=O) groups excluding carboxylic acids is 1. The fourth-order valence-electron chi connectivity index (χ4n) is 2.02. The van der Waals surface area contributed by atoms with Crippen molar-refractivity contribution < 1.29 is 8.98 Å². The molecule has 1 fully saturated rings. The Morgan fingerprint density at radius 1 is 1.22 bits per heavy atom. The largest absolute Gasteiger partial charge is 0.336 e. The van der Waals surface area contributed by atoms with Gasteiger partial charge in [0.05, 0.1) is 6.61 Å². The summed E-state index contributed by atoms with van der Waals surface area (Å²) >= 11 is 0. The average Bonchev–Trinajstić information content (AvgIpc) is 3.29. The Balaban J connectivity index is 1.82. The second-order valence-corrected chi connectivity index (χ2v) is 11.6. The quantitative estimate of drug-likeness (QED) is 0.655. The van der Waals surface area contributed by atoms with Crippen LogP contribution in [0.3, 0.4) is 0 Å². The molecule has 0 N–H and O–H groups in total. The second kappa shape index (κ2) is 7.23. The molecular weight excluding hydrogens is 304 g/mol. The van der Waals surface area contributed by atoms with E-state index in [0.717, 1.165) is 31.4 Å². The fourth-order valence-corrected chi connectivity index (χ4v) is 2.88. The van der Waals surface area contributed by atoms with Gasteiger partial charge in [0.25, 0.3) is 0 Å². The van der Waals surface area contributed by atoms with E-state index in [1.807, 2.05) is 6.08 Å². The molecule has 1 saturated carbocycles. The van der Waals surface area contributed by atoms with Gasteiger partial charge in [0.2, 0.25) is 0 Å². The molecule has 128 valence electrons. The van der Waals surface area contributed by atoms with Crippen LogP contribution in [0.5, 0.6) is 0 Å². The van der Waals surface area contributed by atoms with Crippen LogP contribution < -0.4 is 0 Å². The molecule has 2 rings (SSSR count). The van der Waals surface area contributed by atoms with Crippen molar-refractivity contribution >= 4 is 22.2 Å². The molecule has 23 heavy (non-hydrogen) atoms. The lowest BCUT2D eigenvalue weighted by Gasteiger charge is -2.43. The first-order valence-electron chi connectivity index (χ1n) is 8.37. The SMILES string of the molecule is CC(C)(C)S(C)(C)OCCc1ccc(/C=C/C(=O)C2CC2)cc1. The van der Waals surface area contributed by atoms with Crippen LogP contribution in [0.15, 0.2) is 30.3 Å². The van der Waals surface area contributed by atoms with Crippen molar-refractivity contribution in [2.75, 3.05) is 19.1 Å². The van der Waals surface area contributed by atoms with Gasteiger partial charge in [0.1, 0.15) is 0 Å². The van der Waals surface area contributed by atoms with E-state index < -0.39 is 10.3 Å². The molecule has 0 bridgehead atoms. The Bertz CT molecular complexity index is 560. The van der Waals surface area contributed by atoms with Crippen LogP contribution in [0.1, 0.15) is 44.7 Å². The predicted octanol–water partition coefficient (Wildman–Crippen LogP) is 5.02. The number of ketones is 1. The third-order valence-electron chi connectivity index (χ3n) is 4.64. The Morgan fingerprint density at radius 3 is 2.35 bits per heavy atom. The Hall–Kier alpha value is -1.06. The summed E-state index contributed by atoms with van der Waals surface area (Å²) in [6, 6.07) is 8.41.